The smallest absolute Gasteiger partial charge is 0.119 e. The third-order valence-electron chi connectivity index (χ3n) is 3.45. The van der Waals surface area contributed by atoms with Gasteiger partial charge in [-0.25, -0.2) is 0 Å². The lowest BCUT2D eigenvalue weighted by atomic mass is 9.98. The number of aromatic nitrogens is 1. The molecule has 0 saturated carbocycles. The molecular formula is C17H16N2O. The maximum absolute atomic E-state index is 5.86. The Morgan fingerprint density at radius 2 is 2.00 bits per heavy atom. The van der Waals surface area contributed by atoms with Gasteiger partial charge in [0.25, 0.3) is 0 Å². The Bertz CT molecular complexity index is 753. The molecule has 0 aliphatic rings. The van der Waals surface area contributed by atoms with E-state index >= 15 is 0 Å². The van der Waals surface area contributed by atoms with Crippen molar-refractivity contribution in [2.24, 2.45) is 5.73 Å². The maximum atomic E-state index is 5.86. The van der Waals surface area contributed by atoms with Gasteiger partial charge in [-0.15, -0.1) is 0 Å². The summed E-state index contributed by atoms with van der Waals surface area (Å²) in [6.07, 6.45) is 1.81. The highest BCUT2D eigenvalue weighted by atomic mass is 16.5. The summed E-state index contributed by atoms with van der Waals surface area (Å²) in [5.41, 5.74) is 10.2. The number of nitrogens with zero attached hydrogens (tertiary/aromatic N) is 1. The lowest BCUT2D eigenvalue weighted by Crippen LogP contribution is -1.99. The molecule has 0 atom stereocenters. The fourth-order valence-electron chi connectivity index (χ4n) is 2.39. The van der Waals surface area contributed by atoms with E-state index in [9.17, 15) is 0 Å². The van der Waals surface area contributed by atoms with Crippen LogP contribution in [0.3, 0.4) is 0 Å². The fraction of sp³-hybridized carbons (Fsp3) is 0.118. The number of benzene rings is 2. The van der Waals surface area contributed by atoms with Crippen molar-refractivity contribution in [1.29, 1.82) is 0 Å². The molecule has 3 heteroatoms. The normalized spacial score (nSPS) is 10.7. The Morgan fingerprint density at radius 1 is 1.10 bits per heavy atom. The van der Waals surface area contributed by atoms with Gasteiger partial charge in [-0.1, -0.05) is 18.2 Å². The summed E-state index contributed by atoms with van der Waals surface area (Å²) in [5, 5.41) is 1.13. The van der Waals surface area contributed by atoms with Gasteiger partial charge in [-0.3, -0.25) is 4.98 Å². The molecule has 0 aliphatic heterocycles. The largest absolute Gasteiger partial charge is 0.497 e. The van der Waals surface area contributed by atoms with Crippen LogP contribution >= 0.6 is 0 Å². The summed E-state index contributed by atoms with van der Waals surface area (Å²) >= 11 is 0. The molecule has 3 aromatic rings. The van der Waals surface area contributed by atoms with E-state index in [0.29, 0.717) is 6.54 Å². The molecule has 0 saturated heterocycles. The third-order valence-corrected chi connectivity index (χ3v) is 3.45. The van der Waals surface area contributed by atoms with E-state index in [1.165, 1.54) is 0 Å². The molecule has 2 aromatic carbocycles. The Labute approximate surface area is 118 Å². The van der Waals surface area contributed by atoms with E-state index in [2.05, 4.69) is 29.2 Å². The van der Waals surface area contributed by atoms with Gasteiger partial charge < -0.3 is 10.5 Å². The second-order valence-corrected chi connectivity index (χ2v) is 4.64. The van der Waals surface area contributed by atoms with Gasteiger partial charge in [-0.2, -0.15) is 0 Å². The summed E-state index contributed by atoms with van der Waals surface area (Å²) < 4.78 is 5.25. The first-order valence-electron chi connectivity index (χ1n) is 6.54. The van der Waals surface area contributed by atoms with E-state index in [-0.39, 0.29) is 0 Å². The Balaban J connectivity index is 2.14. The summed E-state index contributed by atoms with van der Waals surface area (Å²) in [6.45, 7) is 0.484. The zero-order valence-electron chi connectivity index (χ0n) is 11.3. The van der Waals surface area contributed by atoms with Crippen LogP contribution in [0.2, 0.25) is 0 Å². The van der Waals surface area contributed by atoms with Crippen molar-refractivity contribution in [3.63, 3.8) is 0 Å². The highest BCUT2D eigenvalue weighted by Crippen LogP contribution is 2.29. The molecule has 1 aromatic heterocycles. The second-order valence-electron chi connectivity index (χ2n) is 4.64. The molecule has 0 spiro atoms. The Morgan fingerprint density at radius 3 is 2.80 bits per heavy atom. The first kappa shape index (κ1) is 12.6. The van der Waals surface area contributed by atoms with Crippen LogP contribution in [0.15, 0.2) is 54.7 Å². The highest BCUT2D eigenvalue weighted by Gasteiger charge is 2.06. The highest BCUT2D eigenvalue weighted by molar-refractivity contribution is 5.85. The molecule has 0 fully saturated rings. The molecule has 3 nitrogen and oxygen atoms in total. The minimum absolute atomic E-state index is 0.484. The molecule has 0 bridgehead atoms. The van der Waals surface area contributed by atoms with Gasteiger partial charge >= 0.3 is 0 Å². The topological polar surface area (TPSA) is 48.1 Å². The lowest BCUT2D eigenvalue weighted by Gasteiger charge is -2.11. The van der Waals surface area contributed by atoms with Gasteiger partial charge in [0.1, 0.15) is 5.75 Å². The monoisotopic (exact) mass is 264 g/mol. The van der Waals surface area contributed by atoms with Crippen molar-refractivity contribution in [2.45, 2.75) is 6.54 Å². The van der Waals surface area contributed by atoms with Crippen molar-refractivity contribution in [2.75, 3.05) is 7.11 Å². The maximum Gasteiger partial charge on any atom is 0.119 e. The standard InChI is InChI=1S/C17H16N2O/c1-20-15-5-6-16(14(10-15)11-18)12-4-7-17-13(9-12)3-2-8-19-17/h2-10H,11,18H2,1H3. The quantitative estimate of drug-likeness (QED) is 0.789. The van der Waals surface area contributed by atoms with E-state index in [4.69, 9.17) is 10.5 Å². The molecule has 2 N–H and O–H groups in total. The average molecular weight is 264 g/mol. The molecule has 3 rings (SSSR count). The van der Waals surface area contributed by atoms with E-state index in [1.807, 2.05) is 24.3 Å². The summed E-state index contributed by atoms with van der Waals surface area (Å²) in [4.78, 5) is 4.34. The Kier molecular flexibility index (Phi) is 3.35. The second kappa shape index (κ2) is 5.31. The van der Waals surface area contributed by atoms with Crippen molar-refractivity contribution in [3.8, 4) is 16.9 Å². The zero-order valence-corrected chi connectivity index (χ0v) is 11.3. The predicted octanol–water partition coefficient (Wildman–Crippen LogP) is 3.37. The number of hydrogen-bond donors (Lipinski definition) is 1. The minimum atomic E-state index is 0.484. The fourth-order valence-corrected chi connectivity index (χ4v) is 2.39. The average Bonchev–Trinajstić information content (AvgIpc) is 2.53. The molecule has 1 heterocycles. The number of nitrogens with two attached hydrogens (primary N) is 1. The number of pyridine rings is 1. The van der Waals surface area contributed by atoms with Gasteiger partial charge in [0.05, 0.1) is 12.6 Å². The van der Waals surface area contributed by atoms with Gasteiger partial charge in [0, 0.05) is 18.1 Å². The van der Waals surface area contributed by atoms with Crippen LogP contribution in [0.1, 0.15) is 5.56 Å². The predicted molar refractivity (Wildman–Crippen MR) is 81.6 cm³/mol. The number of fused-ring (bicyclic) bond motifs is 1. The van der Waals surface area contributed by atoms with E-state index < -0.39 is 0 Å². The van der Waals surface area contributed by atoms with E-state index in [1.54, 1.807) is 13.3 Å². The van der Waals surface area contributed by atoms with E-state index in [0.717, 1.165) is 33.3 Å². The van der Waals surface area contributed by atoms with Gasteiger partial charge in [0.2, 0.25) is 0 Å². The first-order chi connectivity index (χ1) is 9.81. The molecule has 100 valence electrons. The zero-order chi connectivity index (χ0) is 13.9. The summed E-state index contributed by atoms with van der Waals surface area (Å²) in [6, 6.07) is 16.3. The van der Waals surface area contributed by atoms with Crippen LogP contribution in [-0.2, 0) is 6.54 Å². The molecule has 0 aliphatic carbocycles. The van der Waals surface area contributed by atoms with Crippen molar-refractivity contribution >= 4 is 10.9 Å². The molecule has 0 unspecified atom stereocenters. The van der Waals surface area contributed by atoms with Crippen molar-refractivity contribution in [3.05, 3.63) is 60.3 Å². The van der Waals surface area contributed by atoms with Crippen molar-refractivity contribution in [1.82, 2.24) is 4.98 Å². The number of methoxy groups -OCH3 is 1. The first-order valence-corrected chi connectivity index (χ1v) is 6.54. The lowest BCUT2D eigenvalue weighted by molar-refractivity contribution is 0.414. The van der Waals surface area contributed by atoms with Crippen LogP contribution in [0.4, 0.5) is 0 Å². The summed E-state index contributed by atoms with van der Waals surface area (Å²) in [5.74, 6) is 0.830. The summed E-state index contributed by atoms with van der Waals surface area (Å²) in [7, 11) is 1.66. The SMILES string of the molecule is COc1ccc(-c2ccc3ncccc3c2)c(CN)c1. The van der Waals surface area contributed by atoms with Gasteiger partial charge in [0.15, 0.2) is 0 Å². The van der Waals surface area contributed by atoms with Crippen LogP contribution in [0.25, 0.3) is 22.0 Å². The number of ether oxygens (including phenoxy) is 1. The Hall–Kier alpha value is -2.39. The molecular weight excluding hydrogens is 248 g/mol. The molecule has 20 heavy (non-hydrogen) atoms. The van der Waals surface area contributed by atoms with Gasteiger partial charge in [-0.05, 0) is 47.0 Å². The van der Waals surface area contributed by atoms with Crippen LogP contribution in [0.5, 0.6) is 5.75 Å². The van der Waals surface area contributed by atoms with Crippen molar-refractivity contribution < 1.29 is 4.74 Å². The van der Waals surface area contributed by atoms with Crippen LogP contribution in [0, 0.1) is 0 Å². The minimum Gasteiger partial charge on any atom is -0.497 e. The molecule has 0 amide bonds. The number of rotatable bonds is 3. The van der Waals surface area contributed by atoms with Crippen LogP contribution < -0.4 is 10.5 Å². The number of hydrogen-bond acceptors (Lipinski definition) is 3. The van der Waals surface area contributed by atoms with Crippen LogP contribution in [-0.4, -0.2) is 12.1 Å². The molecule has 0 radical (unpaired) electrons. The third kappa shape index (κ3) is 2.24.